The molecule has 1 atom stereocenters. The van der Waals surface area contributed by atoms with Gasteiger partial charge in [0.15, 0.2) is 5.82 Å². The predicted molar refractivity (Wildman–Crippen MR) is 58.4 cm³/mol. The van der Waals surface area contributed by atoms with E-state index in [1.54, 1.807) is 4.90 Å². The Bertz CT molecular complexity index is 411. The average molecular weight is 245 g/mol. The zero-order valence-corrected chi connectivity index (χ0v) is 9.51. The van der Waals surface area contributed by atoms with E-state index >= 15 is 0 Å². The van der Waals surface area contributed by atoms with Crippen molar-refractivity contribution in [2.24, 2.45) is 0 Å². The summed E-state index contributed by atoms with van der Waals surface area (Å²) in [5.74, 6) is -4.05. The minimum Gasteiger partial charge on any atom is -0.362 e. The highest BCUT2D eigenvalue weighted by Crippen LogP contribution is 2.25. The fraction of sp³-hybridized carbons (Fsp3) is 0.545. The molecule has 2 rings (SSSR count). The first-order valence-electron chi connectivity index (χ1n) is 5.62. The molecule has 0 radical (unpaired) electrons. The van der Waals surface area contributed by atoms with Gasteiger partial charge in [0.1, 0.15) is 0 Å². The summed E-state index contributed by atoms with van der Waals surface area (Å²) in [6, 6.07) is 0.0740. The lowest BCUT2D eigenvalue weighted by Crippen LogP contribution is -2.51. The number of rotatable bonds is 2. The van der Waals surface area contributed by atoms with E-state index in [1.165, 1.54) is 0 Å². The zero-order chi connectivity index (χ0) is 12.4. The molecule has 1 aliphatic rings. The number of nitrogens with zero attached hydrogens (tertiary/aromatic N) is 2. The largest absolute Gasteiger partial charge is 0.362 e. The molecule has 1 aromatic rings. The van der Waals surface area contributed by atoms with Crippen molar-refractivity contribution < 1.29 is 13.2 Å². The number of anilines is 1. The monoisotopic (exact) mass is 245 g/mol. The van der Waals surface area contributed by atoms with E-state index in [1.807, 2.05) is 6.92 Å². The number of nitrogens with one attached hydrogen (secondary N) is 1. The standard InChI is InChI=1S/C11H14F3N3/c1-2-7-5-15-3-4-17(7)8-6-16-11(14)10(13)9(8)12/h6-7,15H,2-5H2,1H3. The van der Waals surface area contributed by atoms with E-state index in [0.29, 0.717) is 19.6 Å². The molecule has 2 heterocycles. The van der Waals surface area contributed by atoms with Crippen molar-refractivity contribution in [3.05, 3.63) is 23.8 Å². The summed E-state index contributed by atoms with van der Waals surface area (Å²) in [5, 5.41) is 3.18. The molecule has 0 bridgehead atoms. The summed E-state index contributed by atoms with van der Waals surface area (Å²) >= 11 is 0. The lowest BCUT2D eigenvalue weighted by Gasteiger charge is -2.37. The smallest absolute Gasteiger partial charge is 0.252 e. The number of halogens is 3. The van der Waals surface area contributed by atoms with Crippen molar-refractivity contribution >= 4 is 5.69 Å². The molecule has 1 fully saturated rings. The van der Waals surface area contributed by atoms with Gasteiger partial charge in [0.2, 0.25) is 5.82 Å². The molecular weight excluding hydrogens is 231 g/mol. The van der Waals surface area contributed by atoms with Crippen LogP contribution in [0.5, 0.6) is 0 Å². The zero-order valence-electron chi connectivity index (χ0n) is 9.51. The fourth-order valence-electron chi connectivity index (χ4n) is 2.08. The van der Waals surface area contributed by atoms with Crippen molar-refractivity contribution in [3.63, 3.8) is 0 Å². The summed E-state index contributed by atoms with van der Waals surface area (Å²) in [6.45, 7) is 3.92. The van der Waals surface area contributed by atoms with E-state index in [9.17, 15) is 13.2 Å². The highest BCUT2D eigenvalue weighted by Gasteiger charge is 2.26. The molecule has 17 heavy (non-hydrogen) atoms. The quantitative estimate of drug-likeness (QED) is 0.804. The van der Waals surface area contributed by atoms with E-state index in [2.05, 4.69) is 10.3 Å². The van der Waals surface area contributed by atoms with E-state index < -0.39 is 17.6 Å². The topological polar surface area (TPSA) is 28.2 Å². The minimum absolute atomic E-state index is 0.0391. The fourth-order valence-corrected chi connectivity index (χ4v) is 2.08. The third kappa shape index (κ3) is 2.22. The van der Waals surface area contributed by atoms with Crippen LogP contribution in [0.15, 0.2) is 6.20 Å². The third-order valence-corrected chi connectivity index (χ3v) is 3.03. The Kier molecular flexibility index (Phi) is 3.51. The van der Waals surface area contributed by atoms with Crippen LogP contribution in [0.1, 0.15) is 13.3 Å². The van der Waals surface area contributed by atoms with Crippen LogP contribution in [0.25, 0.3) is 0 Å². The summed E-state index contributed by atoms with van der Waals surface area (Å²) in [6.07, 6.45) is 1.85. The Hall–Kier alpha value is -1.30. The molecule has 0 aliphatic carbocycles. The Morgan fingerprint density at radius 1 is 1.41 bits per heavy atom. The van der Waals surface area contributed by atoms with Crippen LogP contribution in [0.2, 0.25) is 0 Å². The molecule has 0 saturated carbocycles. The van der Waals surface area contributed by atoms with Gasteiger partial charge in [-0.3, -0.25) is 0 Å². The molecule has 6 heteroatoms. The minimum atomic E-state index is -1.50. The van der Waals surface area contributed by atoms with Crippen molar-refractivity contribution in [1.82, 2.24) is 10.3 Å². The van der Waals surface area contributed by atoms with Gasteiger partial charge in [0.25, 0.3) is 5.95 Å². The van der Waals surface area contributed by atoms with Crippen molar-refractivity contribution in [2.75, 3.05) is 24.5 Å². The third-order valence-electron chi connectivity index (χ3n) is 3.03. The molecule has 1 saturated heterocycles. The molecule has 1 unspecified atom stereocenters. The van der Waals surface area contributed by atoms with Gasteiger partial charge in [-0.2, -0.15) is 8.78 Å². The second-order valence-corrected chi connectivity index (χ2v) is 4.02. The first-order valence-corrected chi connectivity index (χ1v) is 5.62. The number of hydrogen-bond donors (Lipinski definition) is 1. The lowest BCUT2D eigenvalue weighted by atomic mass is 10.1. The Labute approximate surface area is 97.6 Å². The molecule has 1 N–H and O–H groups in total. The summed E-state index contributed by atoms with van der Waals surface area (Å²) in [7, 11) is 0. The van der Waals surface area contributed by atoms with Gasteiger partial charge in [0, 0.05) is 25.7 Å². The van der Waals surface area contributed by atoms with Gasteiger partial charge < -0.3 is 10.2 Å². The van der Waals surface area contributed by atoms with E-state index in [-0.39, 0.29) is 11.7 Å². The van der Waals surface area contributed by atoms with Crippen molar-refractivity contribution in [2.45, 2.75) is 19.4 Å². The van der Waals surface area contributed by atoms with Crippen molar-refractivity contribution in [3.8, 4) is 0 Å². The highest BCUT2D eigenvalue weighted by atomic mass is 19.2. The molecule has 0 amide bonds. The van der Waals surface area contributed by atoms with Crippen LogP contribution in [0.4, 0.5) is 18.9 Å². The van der Waals surface area contributed by atoms with Crippen LogP contribution >= 0.6 is 0 Å². The highest BCUT2D eigenvalue weighted by molar-refractivity contribution is 5.47. The molecule has 3 nitrogen and oxygen atoms in total. The van der Waals surface area contributed by atoms with Crippen LogP contribution in [-0.4, -0.2) is 30.7 Å². The van der Waals surface area contributed by atoms with E-state index in [0.717, 1.165) is 12.6 Å². The second kappa shape index (κ2) is 4.91. The molecule has 1 aromatic heterocycles. The number of aromatic nitrogens is 1. The Balaban J connectivity index is 2.35. The van der Waals surface area contributed by atoms with Gasteiger partial charge in [0.05, 0.1) is 11.9 Å². The van der Waals surface area contributed by atoms with Gasteiger partial charge in [-0.25, -0.2) is 9.37 Å². The van der Waals surface area contributed by atoms with Crippen LogP contribution in [0, 0.1) is 17.6 Å². The average Bonchev–Trinajstić information content (AvgIpc) is 2.36. The normalized spacial score (nSPS) is 20.7. The number of pyridine rings is 1. The molecule has 94 valence electrons. The maximum absolute atomic E-state index is 13.6. The summed E-state index contributed by atoms with van der Waals surface area (Å²) in [5.41, 5.74) is 0.0391. The maximum atomic E-state index is 13.6. The molecular formula is C11H14F3N3. The number of piperazine rings is 1. The Morgan fingerprint density at radius 2 is 2.18 bits per heavy atom. The lowest BCUT2D eigenvalue weighted by molar-refractivity contribution is 0.414. The SMILES string of the molecule is CCC1CNCCN1c1cnc(F)c(F)c1F. The van der Waals surface area contributed by atoms with Gasteiger partial charge in [-0.15, -0.1) is 0 Å². The van der Waals surface area contributed by atoms with Crippen LogP contribution in [-0.2, 0) is 0 Å². The van der Waals surface area contributed by atoms with Crippen LogP contribution < -0.4 is 10.2 Å². The van der Waals surface area contributed by atoms with Gasteiger partial charge in [-0.1, -0.05) is 6.92 Å². The Morgan fingerprint density at radius 3 is 2.88 bits per heavy atom. The molecule has 0 spiro atoms. The first-order chi connectivity index (χ1) is 8.15. The second-order valence-electron chi connectivity index (χ2n) is 4.02. The van der Waals surface area contributed by atoms with Gasteiger partial charge >= 0.3 is 0 Å². The first kappa shape index (κ1) is 12.2. The van der Waals surface area contributed by atoms with Crippen molar-refractivity contribution in [1.29, 1.82) is 0 Å². The number of hydrogen-bond acceptors (Lipinski definition) is 3. The molecule has 0 aromatic carbocycles. The summed E-state index contributed by atoms with van der Waals surface area (Å²) < 4.78 is 39.5. The molecule has 1 aliphatic heterocycles. The summed E-state index contributed by atoms with van der Waals surface area (Å²) in [4.78, 5) is 4.98. The van der Waals surface area contributed by atoms with Gasteiger partial charge in [-0.05, 0) is 6.42 Å². The van der Waals surface area contributed by atoms with Crippen LogP contribution in [0.3, 0.4) is 0 Å². The predicted octanol–water partition coefficient (Wildman–Crippen LogP) is 1.69. The maximum Gasteiger partial charge on any atom is 0.252 e. The van der Waals surface area contributed by atoms with E-state index in [4.69, 9.17) is 0 Å².